The smallest absolute Gasteiger partial charge is 0.306 e. The average Bonchev–Trinajstić information content (AvgIpc) is 3.33. The van der Waals surface area contributed by atoms with E-state index >= 15 is 0 Å². The number of esters is 3. The van der Waals surface area contributed by atoms with Crippen LogP contribution in [0.1, 0.15) is 252 Å². The van der Waals surface area contributed by atoms with Crippen molar-refractivity contribution in [1.82, 2.24) is 0 Å². The summed E-state index contributed by atoms with van der Waals surface area (Å²) < 4.78 is 16.8. The molecule has 0 amide bonds. The van der Waals surface area contributed by atoms with Crippen LogP contribution in [0.15, 0.2) is 97.2 Å². The SMILES string of the molecule is CC/C=C\C/C=C\C/C=C\C/C=C\CCCCCCC(=O)O[C@@H](COC(=O)CCCCCCC/C=C\C/C=C\CCCCC)COC(=O)CCCCCCCCC/C=C\C/C=C\CCCCC. The van der Waals surface area contributed by atoms with Gasteiger partial charge in [-0.2, -0.15) is 0 Å². The lowest BCUT2D eigenvalue weighted by Gasteiger charge is -2.18. The molecular weight excluding hydrogens is 829 g/mol. The van der Waals surface area contributed by atoms with Gasteiger partial charge in [-0.3, -0.25) is 14.4 Å². The van der Waals surface area contributed by atoms with Gasteiger partial charge < -0.3 is 14.2 Å². The number of carbonyl (C=O) groups is 3. The fourth-order valence-electron chi connectivity index (χ4n) is 7.37. The monoisotopic (exact) mass is 931 g/mol. The molecule has 0 unspecified atom stereocenters. The molecule has 0 saturated carbocycles. The summed E-state index contributed by atoms with van der Waals surface area (Å²) in [5.74, 6) is -0.942. The van der Waals surface area contributed by atoms with Crippen LogP contribution in [0.2, 0.25) is 0 Å². The van der Waals surface area contributed by atoms with E-state index < -0.39 is 6.10 Å². The lowest BCUT2D eigenvalue weighted by molar-refractivity contribution is -0.167. The Bertz CT molecular complexity index is 1350. The minimum absolute atomic E-state index is 0.0971. The van der Waals surface area contributed by atoms with E-state index in [4.69, 9.17) is 14.2 Å². The first kappa shape index (κ1) is 63.3. The predicted molar refractivity (Wildman–Crippen MR) is 288 cm³/mol. The van der Waals surface area contributed by atoms with Crippen molar-refractivity contribution in [1.29, 1.82) is 0 Å². The van der Waals surface area contributed by atoms with Crippen LogP contribution in [0.25, 0.3) is 0 Å². The molecule has 67 heavy (non-hydrogen) atoms. The summed E-state index contributed by atoms with van der Waals surface area (Å²) in [6.07, 6.45) is 72.4. The molecule has 6 heteroatoms. The number of hydrogen-bond donors (Lipinski definition) is 0. The maximum atomic E-state index is 12.8. The van der Waals surface area contributed by atoms with Crippen LogP contribution in [-0.4, -0.2) is 37.2 Å². The summed E-state index contributed by atoms with van der Waals surface area (Å²) in [6.45, 7) is 6.44. The van der Waals surface area contributed by atoms with Crippen molar-refractivity contribution < 1.29 is 28.6 Å². The third kappa shape index (κ3) is 53.2. The summed E-state index contributed by atoms with van der Waals surface area (Å²) in [4.78, 5) is 38.1. The van der Waals surface area contributed by atoms with Gasteiger partial charge in [-0.1, -0.05) is 208 Å². The van der Waals surface area contributed by atoms with Gasteiger partial charge in [0, 0.05) is 19.3 Å². The van der Waals surface area contributed by atoms with Gasteiger partial charge in [-0.05, 0) is 122 Å². The van der Waals surface area contributed by atoms with Gasteiger partial charge in [-0.15, -0.1) is 0 Å². The summed E-state index contributed by atoms with van der Waals surface area (Å²) in [6, 6.07) is 0. The molecule has 0 heterocycles. The molecule has 0 aliphatic carbocycles. The van der Waals surface area contributed by atoms with Crippen LogP contribution in [0.4, 0.5) is 0 Å². The van der Waals surface area contributed by atoms with Crippen molar-refractivity contribution >= 4 is 17.9 Å². The van der Waals surface area contributed by atoms with Crippen molar-refractivity contribution in [2.24, 2.45) is 0 Å². The standard InChI is InChI=1S/C61H102O6/c1-4-7-10-13-16-19-22-25-28-30-33-36-39-42-45-48-51-54-60(63)66-57-58(56-65-59(62)53-50-47-44-41-38-35-32-27-24-21-18-15-12-9-6-3)67-61(64)55-52-49-46-43-40-37-34-31-29-26-23-20-17-14-11-8-5-2/h8,11,16-21,25-29,32,34,37,58H,4-7,9-10,12-15,22-24,30-31,33,35-36,38-57H2,1-3H3/b11-8-,19-16-,20-17-,21-18-,28-25-,29-26-,32-27-,37-34-/t58-/m0/s1. The molecule has 382 valence electrons. The van der Waals surface area contributed by atoms with E-state index in [1.165, 1.54) is 77.0 Å². The van der Waals surface area contributed by atoms with Gasteiger partial charge in [-0.25, -0.2) is 0 Å². The molecule has 0 spiro atoms. The third-order valence-electron chi connectivity index (χ3n) is 11.5. The molecule has 0 saturated heterocycles. The third-order valence-corrected chi connectivity index (χ3v) is 11.5. The quantitative estimate of drug-likeness (QED) is 0.0262. The van der Waals surface area contributed by atoms with Crippen LogP contribution in [0.5, 0.6) is 0 Å². The van der Waals surface area contributed by atoms with Crippen molar-refractivity contribution in [2.45, 2.75) is 258 Å². The Kier molecular flexibility index (Phi) is 51.9. The van der Waals surface area contributed by atoms with Crippen molar-refractivity contribution in [3.8, 4) is 0 Å². The Morgan fingerprint density at radius 1 is 0.313 bits per heavy atom. The Morgan fingerprint density at radius 3 is 0.910 bits per heavy atom. The summed E-state index contributed by atoms with van der Waals surface area (Å²) in [7, 11) is 0. The molecule has 0 aliphatic rings. The largest absolute Gasteiger partial charge is 0.462 e. The van der Waals surface area contributed by atoms with Gasteiger partial charge in [0.05, 0.1) is 0 Å². The molecule has 0 aromatic carbocycles. The number of carbonyl (C=O) groups excluding carboxylic acids is 3. The van der Waals surface area contributed by atoms with Crippen LogP contribution in [0, 0.1) is 0 Å². The van der Waals surface area contributed by atoms with E-state index in [-0.39, 0.29) is 31.1 Å². The number of hydrogen-bond acceptors (Lipinski definition) is 6. The van der Waals surface area contributed by atoms with E-state index in [1.54, 1.807) is 0 Å². The zero-order valence-electron chi connectivity index (χ0n) is 43.6. The highest BCUT2D eigenvalue weighted by atomic mass is 16.6. The Morgan fingerprint density at radius 2 is 0.582 bits per heavy atom. The fraction of sp³-hybridized carbons (Fsp3) is 0.689. The van der Waals surface area contributed by atoms with Crippen molar-refractivity contribution in [3.05, 3.63) is 97.2 Å². The predicted octanol–water partition coefficient (Wildman–Crippen LogP) is 18.5. The molecule has 0 rings (SSSR count). The Hall–Kier alpha value is -3.67. The zero-order chi connectivity index (χ0) is 48.6. The second-order valence-electron chi connectivity index (χ2n) is 18.1. The summed E-state index contributed by atoms with van der Waals surface area (Å²) >= 11 is 0. The van der Waals surface area contributed by atoms with E-state index in [1.807, 2.05) is 0 Å². The topological polar surface area (TPSA) is 78.9 Å². The van der Waals surface area contributed by atoms with Gasteiger partial charge in [0.1, 0.15) is 13.2 Å². The first-order chi connectivity index (χ1) is 33.0. The lowest BCUT2D eigenvalue weighted by atomic mass is 10.1. The van der Waals surface area contributed by atoms with Gasteiger partial charge >= 0.3 is 17.9 Å². The fourth-order valence-corrected chi connectivity index (χ4v) is 7.37. The molecular formula is C61H102O6. The number of rotatable bonds is 49. The highest BCUT2D eigenvalue weighted by Gasteiger charge is 2.19. The highest BCUT2D eigenvalue weighted by molar-refractivity contribution is 5.71. The van der Waals surface area contributed by atoms with Gasteiger partial charge in [0.15, 0.2) is 6.10 Å². The Labute approximate surface area is 413 Å². The first-order valence-electron chi connectivity index (χ1n) is 27.7. The maximum absolute atomic E-state index is 12.8. The Balaban J connectivity index is 4.48. The van der Waals surface area contributed by atoms with E-state index in [0.29, 0.717) is 19.3 Å². The number of allylic oxidation sites excluding steroid dienone is 16. The lowest BCUT2D eigenvalue weighted by Crippen LogP contribution is -2.30. The second kappa shape index (κ2) is 54.9. The zero-order valence-corrected chi connectivity index (χ0v) is 43.6. The molecule has 6 nitrogen and oxygen atoms in total. The second-order valence-corrected chi connectivity index (χ2v) is 18.1. The number of unbranched alkanes of at least 4 members (excludes halogenated alkanes) is 22. The minimum Gasteiger partial charge on any atom is -0.462 e. The molecule has 1 atom stereocenters. The van der Waals surface area contributed by atoms with Crippen LogP contribution < -0.4 is 0 Å². The maximum Gasteiger partial charge on any atom is 0.306 e. The van der Waals surface area contributed by atoms with Crippen LogP contribution in [0.3, 0.4) is 0 Å². The number of ether oxygens (including phenoxy) is 3. The van der Waals surface area contributed by atoms with Crippen molar-refractivity contribution in [3.63, 3.8) is 0 Å². The van der Waals surface area contributed by atoms with Crippen molar-refractivity contribution in [2.75, 3.05) is 13.2 Å². The van der Waals surface area contributed by atoms with Crippen LogP contribution in [-0.2, 0) is 28.6 Å². The highest BCUT2D eigenvalue weighted by Crippen LogP contribution is 2.14. The molecule has 0 fully saturated rings. The first-order valence-corrected chi connectivity index (χ1v) is 27.7. The minimum atomic E-state index is -0.801. The summed E-state index contributed by atoms with van der Waals surface area (Å²) in [5.41, 5.74) is 0. The van der Waals surface area contributed by atoms with Gasteiger partial charge in [0.25, 0.3) is 0 Å². The molecule has 0 N–H and O–H groups in total. The van der Waals surface area contributed by atoms with E-state index in [2.05, 4.69) is 118 Å². The molecule has 0 bridgehead atoms. The van der Waals surface area contributed by atoms with E-state index in [9.17, 15) is 14.4 Å². The average molecular weight is 931 g/mol. The summed E-state index contributed by atoms with van der Waals surface area (Å²) in [5, 5.41) is 0. The molecule has 0 aromatic heterocycles. The molecule has 0 aromatic rings. The van der Waals surface area contributed by atoms with Crippen LogP contribution >= 0.6 is 0 Å². The molecule has 0 aliphatic heterocycles. The van der Waals surface area contributed by atoms with E-state index in [0.717, 1.165) is 135 Å². The van der Waals surface area contributed by atoms with Gasteiger partial charge in [0.2, 0.25) is 0 Å². The normalized spacial score (nSPS) is 12.8. The molecule has 0 radical (unpaired) electrons.